The van der Waals surface area contributed by atoms with E-state index in [-0.39, 0.29) is 17.8 Å². The second-order valence-electron chi connectivity index (χ2n) is 7.83. The van der Waals surface area contributed by atoms with Crippen LogP contribution in [0.3, 0.4) is 0 Å². The molecule has 2 rings (SSSR count). The maximum Gasteiger partial charge on any atom is 0.416 e. The minimum atomic E-state index is -4.50. The van der Waals surface area contributed by atoms with Gasteiger partial charge in [0.05, 0.1) is 16.9 Å². The summed E-state index contributed by atoms with van der Waals surface area (Å²) in [6, 6.07) is 3.17. The van der Waals surface area contributed by atoms with Gasteiger partial charge in [0.1, 0.15) is 5.60 Å². The lowest BCUT2D eigenvalue weighted by molar-refractivity contribution is -0.137. The van der Waals surface area contributed by atoms with Crippen LogP contribution in [-0.4, -0.2) is 41.6 Å². The first-order valence-electron chi connectivity index (χ1n) is 9.08. The molecule has 0 aromatic heterocycles. The highest BCUT2D eigenvalue weighted by molar-refractivity contribution is 5.92. The Kier molecular flexibility index (Phi) is 6.46. The number of rotatable bonds is 3. The summed E-state index contributed by atoms with van der Waals surface area (Å²) in [6.45, 7) is 7.59. The zero-order chi connectivity index (χ0) is 21.1. The molecular formula is C19H26F3N3O3. The molecule has 0 aliphatic carbocycles. The largest absolute Gasteiger partial charge is 0.444 e. The normalized spacial score (nSPS) is 15.9. The van der Waals surface area contributed by atoms with Crippen LogP contribution in [0.1, 0.15) is 46.1 Å². The molecule has 0 atom stereocenters. The summed E-state index contributed by atoms with van der Waals surface area (Å²) < 4.78 is 44.2. The summed E-state index contributed by atoms with van der Waals surface area (Å²) in [5, 5.41) is 5.62. The number of benzene rings is 1. The monoisotopic (exact) mass is 401 g/mol. The standard InChI is InChI=1S/C19H26F3N3O3/c1-12(26)23-16-11-13(19(20,21)22)5-6-15(16)24-14-7-9-25(10-8-14)17(27)28-18(2,3)4/h5-6,11,14,24H,7-10H2,1-4H3,(H,23,26). The van der Waals surface area contributed by atoms with Crippen LogP contribution in [0.5, 0.6) is 0 Å². The van der Waals surface area contributed by atoms with Gasteiger partial charge in [0.25, 0.3) is 0 Å². The van der Waals surface area contributed by atoms with E-state index in [0.717, 1.165) is 12.1 Å². The highest BCUT2D eigenvalue weighted by Crippen LogP contribution is 2.34. The van der Waals surface area contributed by atoms with Crippen LogP contribution >= 0.6 is 0 Å². The number of nitrogens with zero attached hydrogens (tertiary/aromatic N) is 1. The lowest BCUT2D eigenvalue weighted by atomic mass is 10.0. The summed E-state index contributed by atoms with van der Waals surface area (Å²) in [5.41, 5.74) is -0.906. The van der Waals surface area contributed by atoms with E-state index in [0.29, 0.717) is 31.6 Å². The molecule has 0 saturated carbocycles. The number of likely N-dealkylation sites (tertiary alicyclic amines) is 1. The zero-order valence-corrected chi connectivity index (χ0v) is 16.4. The lowest BCUT2D eigenvalue weighted by Crippen LogP contribution is -2.44. The Hall–Kier alpha value is -2.45. The number of hydrogen-bond acceptors (Lipinski definition) is 4. The number of hydrogen-bond donors (Lipinski definition) is 2. The topological polar surface area (TPSA) is 70.7 Å². The first-order chi connectivity index (χ1) is 12.8. The number of nitrogens with one attached hydrogen (secondary N) is 2. The van der Waals surface area contributed by atoms with Crippen molar-refractivity contribution in [3.8, 4) is 0 Å². The van der Waals surface area contributed by atoms with Gasteiger partial charge in [-0.1, -0.05) is 0 Å². The Bertz CT molecular complexity index is 721. The summed E-state index contributed by atoms with van der Waals surface area (Å²) in [6.07, 6.45) is -3.65. The molecule has 156 valence electrons. The van der Waals surface area contributed by atoms with Gasteiger partial charge in [0.15, 0.2) is 0 Å². The smallest absolute Gasteiger partial charge is 0.416 e. The van der Waals surface area contributed by atoms with E-state index in [4.69, 9.17) is 4.74 Å². The summed E-state index contributed by atoms with van der Waals surface area (Å²) >= 11 is 0. The number of alkyl halides is 3. The second-order valence-corrected chi connectivity index (χ2v) is 7.83. The number of anilines is 2. The fraction of sp³-hybridized carbons (Fsp3) is 0.579. The van der Waals surface area contributed by atoms with E-state index in [1.165, 1.54) is 13.0 Å². The molecule has 9 heteroatoms. The molecule has 0 spiro atoms. The molecule has 1 aliphatic rings. The van der Waals surface area contributed by atoms with Crippen molar-refractivity contribution >= 4 is 23.4 Å². The van der Waals surface area contributed by atoms with Crippen LogP contribution in [0.25, 0.3) is 0 Å². The van der Waals surface area contributed by atoms with Crippen LogP contribution in [0, 0.1) is 0 Å². The van der Waals surface area contributed by atoms with Gasteiger partial charge in [0, 0.05) is 26.1 Å². The Balaban J connectivity index is 2.04. The van der Waals surface area contributed by atoms with Crippen molar-refractivity contribution in [2.45, 2.75) is 58.4 Å². The second kappa shape index (κ2) is 8.28. The molecule has 0 radical (unpaired) electrons. The van der Waals surface area contributed by atoms with E-state index in [1.54, 1.807) is 25.7 Å². The first kappa shape index (κ1) is 21.8. The van der Waals surface area contributed by atoms with Gasteiger partial charge in [-0.25, -0.2) is 4.79 Å². The van der Waals surface area contributed by atoms with Crippen molar-refractivity contribution < 1.29 is 27.5 Å². The van der Waals surface area contributed by atoms with E-state index in [2.05, 4.69) is 10.6 Å². The SMILES string of the molecule is CC(=O)Nc1cc(C(F)(F)F)ccc1NC1CCN(C(=O)OC(C)(C)C)CC1. The van der Waals surface area contributed by atoms with E-state index < -0.39 is 23.2 Å². The fourth-order valence-electron chi connectivity index (χ4n) is 2.89. The molecule has 2 N–H and O–H groups in total. The highest BCUT2D eigenvalue weighted by atomic mass is 19.4. The predicted octanol–water partition coefficient (Wildman–Crippen LogP) is 4.48. The van der Waals surface area contributed by atoms with Crippen molar-refractivity contribution in [2.75, 3.05) is 23.7 Å². The van der Waals surface area contributed by atoms with Gasteiger partial charge in [-0.3, -0.25) is 4.79 Å². The lowest BCUT2D eigenvalue weighted by Gasteiger charge is -2.34. The van der Waals surface area contributed by atoms with Crippen LogP contribution < -0.4 is 10.6 Å². The van der Waals surface area contributed by atoms with Gasteiger partial charge < -0.3 is 20.3 Å². The molecular weight excluding hydrogens is 375 g/mol. The minimum Gasteiger partial charge on any atom is -0.444 e. The number of amides is 2. The molecule has 0 bridgehead atoms. The van der Waals surface area contributed by atoms with Crippen LogP contribution in [-0.2, 0) is 15.7 Å². The summed E-state index contributed by atoms with van der Waals surface area (Å²) in [4.78, 5) is 25.1. The molecule has 1 aliphatic heterocycles. The van der Waals surface area contributed by atoms with Crippen LogP contribution in [0.15, 0.2) is 18.2 Å². The quantitative estimate of drug-likeness (QED) is 0.784. The number of carbonyl (C=O) groups is 2. The number of piperidine rings is 1. The van der Waals surface area contributed by atoms with Gasteiger partial charge >= 0.3 is 12.3 Å². The van der Waals surface area contributed by atoms with Crippen molar-refractivity contribution in [2.24, 2.45) is 0 Å². The van der Waals surface area contributed by atoms with Crippen LogP contribution in [0.2, 0.25) is 0 Å². The average Bonchev–Trinajstić information content (AvgIpc) is 2.54. The molecule has 28 heavy (non-hydrogen) atoms. The van der Waals surface area contributed by atoms with Crippen molar-refractivity contribution in [3.05, 3.63) is 23.8 Å². The first-order valence-corrected chi connectivity index (χ1v) is 9.08. The van der Waals surface area contributed by atoms with E-state index in [1.807, 2.05) is 0 Å². The number of ether oxygens (including phenoxy) is 1. The summed E-state index contributed by atoms with van der Waals surface area (Å²) in [5.74, 6) is -0.456. The van der Waals surface area contributed by atoms with Crippen molar-refractivity contribution in [1.82, 2.24) is 4.90 Å². The fourth-order valence-corrected chi connectivity index (χ4v) is 2.89. The maximum absolute atomic E-state index is 12.9. The number of halogens is 3. The Morgan fingerprint density at radius 1 is 1.11 bits per heavy atom. The molecule has 0 unspecified atom stereocenters. The summed E-state index contributed by atoms with van der Waals surface area (Å²) in [7, 11) is 0. The molecule has 2 amide bonds. The van der Waals surface area contributed by atoms with Crippen LogP contribution in [0.4, 0.5) is 29.3 Å². The van der Waals surface area contributed by atoms with Crippen molar-refractivity contribution in [1.29, 1.82) is 0 Å². The molecule has 1 aromatic carbocycles. The third kappa shape index (κ3) is 6.31. The zero-order valence-electron chi connectivity index (χ0n) is 16.4. The van der Waals surface area contributed by atoms with Gasteiger partial charge in [-0.05, 0) is 51.8 Å². The minimum absolute atomic E-state index is 0.0390. The van der Waals surface area contributed by atoms with Gasteiger partial charge in [-0.2, -0.15) is 13.2 Å². The third-order valence-corrected chi connectivity index (χ3v) is 4.16. The number of carbonyl (C=O) groups excluding carboxylic acids is 2. The molecule has 1 heterocycles. The molecule has 1 saturated heterocycles. The Morgan fingerprint density at radius 3 is 2.21 bits per heavy atom. The van der Waals surface area contributed by atoms with E-state index >= 15 is 0 Å². The Labute approximate surface area is 162 Å². The molecule has 1 aromatic rings. The third-order valence-electron chi connectivity index (χ3n) is 4.16. The highest BCUT2D eigenvalue weighted by Gasteiger charge is 2.32. The molecule has 6 nitrogen and oxygen atoms in total. The van der Waals surface area contributed by atoms with Gasteiger partial charge in [-0.15, -0.1) is 0 Å². The Morgan fingerprint density at radius 2 is 1.71 bits per heavy atom. The maximum atomic E-state index is 12.9. The molecule has 1 fully saturated rings. The van der Waals surface area contributed by atoms with E-state index in [9.17, 15) is 22.8 Å². The van der Waals surface area contributed by atoms with Crippen molar-refractivity contribution in [3.63, 3.8) is 0 Å². The predicted molar refractivity (Wildman–Crippen MR) is 100 cm³/mol. The van der Waals surface area contributed by atoms with Gasteiger partial charge in [0.2, 0.25) is 5.91 Å². The average molecular weight is 401 g/mol.